The van der Waals surface area contributed by atoms with Crippen LogP contribution in [0.1, 0.15) is 12.0 Å². The van der Waals surface area contributed by atoms with Crippen molar-refractivity contribution < 1.29 is 0 Å². The topological polar surface area (TPSA) is 50.9 Å². The number of hydrogen-bond acceptors (Lipinski definition) is 3. The minimum atomic E-state index is 0.477. The van der Waals surface area contributed by atoms with Crippen molar-refractivity contribution in [1.29, 1.82) is 0 Å². The summed E-state index contributed by atoms with van der Waals surface area (Å²) >= 11 is 3.32. The fourth-order valence-electron chi connectivity index (χ4n) is 0.895. The molecule has 0 bridgehead atoms. The summed E-state index contributed by atoms with van der Waals surface area (Å²) in [6, 6.07) is 1.87. The van der Waals surface area contributed by atoms with Gasteiger partial charge in [-0.3, -0.25) is 0 Å². The van der Waals surface area contributed by atoms with Crippen molar-refractivity contribution in [2.45, 2.75) is 6.42 Å². The maximum absolute atomic E-state index is 5.65. The lowest BCUT2D eigenvalue weighted by Crippen LogP contribution is -2.05. The average Bonchev–Trinajstić information content (AvgIpc) is 2.18. The lowest BCUT2D eigenvalue weighted by atomic mass is 10.2. The van der Waals surface area contributed by atoms with E-state index in [1.54, 1.807) is 6.20 Å². The van der Waals surface area contributed by atoms with Crippen LogP contribution in [0.15, 0.2) is 16.7 Å². The molecule has 14 heavy (non-hydrogen) atoms. The number of hydrogen-bond donors (Lipinski definition) is 2. The van der Waals surface area contributed by atoms with E-state index in [1.165, 1.54) is 0 Å². The molecular weight excluding hydrogens is 242 g/mol. The van der Waals surface area contributed by atoms with Gasteiger partial charge < -0.3 is 11.1 Å². The first-order valence-corrected chi connectivity index (χ1v) is 5.08. The first-order valence-electron chi connectivity index (χ1n) is 4.28. The van der Waals surface area contributed by atoms with Gasteiger partial charge >= 0.3 is 0 Å². The maximum Gasteiger partial charge on any atom is 0.139 e. The highest BCUT2D eigenvalue weighted by molar-refractivity contribution is 9.10. The van der Waals surface area contributed by atoms with Gasteiger partial charge in [0.1, 0.15) is 5.82 Å². The quantitative estimate of drug-likeness (QED) is 0.619. The van der Waals surface area contributed by atoms with Crippen molar-refractivity contribution in [2.75, 3.05) is 19.3 Å². The minimum absolute atomic E-state index is 0.477. The second-order valence-corrected chi connectivity index (χ2v) is 3.66. The molecule has 0 aliphatic carbocycles. The number of anilines is 1. The van der Waals surface area contributed by atoms with E-state index in [0.29, 0.717) is 5.82 Å². The summed E-state index contributed by atoms with van der Waals surface area (Å²) in [4.78, 5) is 3.99. The number of nitrogens with zero attached hydrogens (tertiary/aromatic N) is 1. The van der Waals surface area contributed by atoms with Crippen LogP contribution in [0.4, 0.5) is 5.82 Å². The van der Waals surface area contributed by atoms with Crippen LogP contribution < -0.4 is 11.1 Å². The zero-order valence-corrected chi connectivity index (χ0v) is 9.56. The fourth-order valence-corrected chi connectivity index (χ4v) is 1.23. The van der Waals surface area contributed by atoms with Gasteiger partial charge in [0.05, 0.1) is 5.56 Å². The Balaban J connectivity index is 2.73. The van der Waals surface area contributed by atoms with Crippen molar-refractivity contribution in [3.63, 3.8) is 0 Å². The summed E-state index contributed by atoms with van der Waals surface area (Å²) in [5.41, 5.74) is 6.43. The van der Waals surface area contributed by atoms with Crippen LogP contribution in [0.25, 0.3) is 0 Å². The minimum Gasteiger partial charge on any atom is -0.383 e. The van der Waals surface area contributed by atoms with E-state index < -0.39 is 0 Å². The van der Waals surface area contributed by atoms with Gasteiger partial charge in [0.2, 0.25) is 0 Å². The molecule has 0 aromatic carbocycles. The van der Waals surface area contributed by atoms with Crippen LogP contribution in [0, 0.1) is 11.8 Å². The number of nitrogens with two attached hydrogens (primary N) is 1. The standard InChI is InChI=1S/C10H12BrN3/c1-13-5-3-2-4-8-6-9(11)7-14-10(8)12/h6-7,13H,3,5H2,1H3,(H2,12,14). The summed E-state index contributed by atoms with van der Waals surface area (Å²) in [7, 11) is 1.90. The van der Waals surface area contributed by atoms with E-state index in [4.69, 9.17) is 5.73 Å². The Morgan fingerprint density at radius 3 is 3.14 bits per heavy atom. The SMILES string of the molecule is CNCCC#Cc1cc(Br)cnc1N. The molecule has 0 fully saturated rings. The van der Waals surface area contributed by atoms with Gasteiger partial charge in [-0.2, -0.15) is 0 Å². The molecule has 3 nitrogen and oxygen atoms in total. The monoisotopic (exact) mass is 253 g/mol. The number of pyridine rings is 1. The smallest absolute Gasteiger partial charge is 0.139 e. The average molecular weight is 254 g/mol. The summed E-state index contributed by atoms with van der Waals surface area (Å²) in [5.74, 6) is 6.48. The second kappa shape index (κ2) is 5.63. The van der Waals surface area contributed by atoms with E-state index in [9.17, 15) is 0 Å². The van der Waals surface area contributed by atoms with Gasteiger partial charge in [-0.1, -0.05) is 11.8 Å². The van der Waals surface area contributed by atoms with E-state index in [-0.39, 0.29) is 0 Å². The predicted molar refractivity (Wildman–Crippen MR) is 61.8 cm³/mol. The van der Waals surface area contributed by atoms with Crippen LogP contribution >= 0.6 is 15.9 Å². The van der Waals surface area contributed by atoms with Crippen molar-refractivity contribution in [3.05, 3.63) is 22.3 Å². The van der Waals surface area contributed by atoms with E-state index in [2.05, 4.69) is 38.1 Å². The molecular formula is C10H12BrN3. The highest BCUT2D eigenvalue weighted by atomic mass is 79.9. The summed E-state index contributed by atoms with van der Waals surface area (Å²) in [5, 5.41) is 3.02. The van der Waals surface area contributed by atoms with E-state index >= 15 is 0 Å². The molecule has 0 saturated heterocycles. The van der Waals surface area contributed by atoms with Crippen LogP contribution in [-0.4, -0.2) is 18.6 Å². The largest absolute Gasteiger partial charge is 0.383 e. The number of nitrogen functional groups attached to an aromatic ring is 1. The molecule has 1 aromatic rings. The molecule has 0 saturated carbocycles. The summed E-state index contributed by atoms with van der Waals surface area (Å²) in [6.45, 7) is 0.883. The number of halogens is 1. The van der Waals surface area contributed by atoms with Crippen LogP contribution in [-0.2, 0) is 0 Å². The lowest BCUT2D eigenvalue weighted by molar-refractivity contribution is 0.818. The van der Waals surface area contributed by atoms with Gasteiger partial charge in [0, 0.05) is 23.6 Å². The molecule has 0 radical (unpaired) electrons. The van der Waals surface area contributed by atoms with Gasteiger partial charge in [-0.15, -0.1) is 0 Å². The molecule has 0 spiro atoms. The highest BCUT2D eigenvalue weighted by Gasteiger charge is 1.96. The Kier molecular flexibility index (Phi) is 4.44. The van der Waals surface area contributed by atoms with Gasteiger partial charge in [0.25, 0.3) is 0 Å². The lowest BCUT2D eigenvalue weighted by Gasteiger charge is -1.96. The van der Waals surface area contributed by atoms with Crippen molar-refractivity contribution in [3.8, 4) is 11.8 Å². The third-order valence-electron chi connectivity index (χ3n) is 1.61. The van der Waals surface area contributed by atoms with E-state index in [0.717, 1.165) is 23.0 Å². The van der Waals surface area contributed by atoms with E-state index in [1.807, 2.05) is 13.1 Å². The third-order valence-corrected chi connectivity index (χ3v) is 2.04. The predicted octanol–water partition coefficient (Wildman–Crippen LogP) is 1.39. The first-order chi connectivity index (χ1) is 6.74. The molecule has 0 aliphatic heterocycles. The normalized spacial score (nSPS) is 9.29. The zero-order valence-electron chi connectivity index (χ0n) is 7.97. The molecule has 3 N–H and O–H groups in total. The third kappa shape index (κ3) is 3.36. The molecule has 0 amide bonds. The number of aromatic nitrogens is 1. The summed E-state index contributed by atoms with van der Waals surface area (Å²) in [6.07, 6.45) is 2.47. The molecule has 1 rings (SSSR count). The molecule has 0 atom stereocenters. The Morgan fingerprint density at radius 1 is 1.64 bits per heavy atom. The highest BCUT2D eigenvalue weighted by Crippen LogP contribution is 2.13. The fraction of sp³-hybridized carbons (Fsp3) is 0.300. The number of rotatable bonds is 2. The molecule has 0 unspecified atom stereocenters. The Labute approximate surface area is 92.2 Å². The van der Waals surface area contributed by atoms with Gasteiger partial charge in [0.15, 0.2) is 0 Å². The molecule has 4 heteroatoms. The Hall–Kier alpha value is -1.05. The Bertz CT molecular complexity index is 365. The van der Waals surface area contributed by atoms with Crippen LogP contribution in [0.3, 0.4) is 0 Å². The second-order valence-electron chi connectivity index (χ2n) is 2.74. The van der Waals surface area contributed by atoms with Crippen molar-refractivity contribution in [2.24, 2.45) is 0 Å². The van der Waals surface area contributed by atoms with Crippen molar-refractivity contribution >= 4 is 21.7 Å². The van der Waals surface area contributed by atoms with Gasteiger partial charge in [-0.05, 0) is 29.0 Å². The summed E-state index contributed by atoms with van der Waals surface area (Å²) < 4.78 is 0.893. The molecule has 1 heterocycles. The van der Waals surface area contributed by atoms with Crippen LogP contribution in [0.5, 0.6) is 0 Å². The molecule has 0 aliphatic rings. The first kappa shape index (κ1) is 11.0. The molecule has 1 aromatic heterocycles. The van der Waals surface area contributed by atoms with Gasteiger partial charge in [-0.25, -0.2) is 4.98 Å². The zero-order chi connectivity index (χ0) is 10.4. The molecule has 74 valence electrons. The number of nitrogens with one attached hydrogen (secondary N) is 1. The van der Waals surface area contributed by atoms with Crippen LogP contribution in [0.2, 0.25) is 0 Å². The Morgan fingerprint density at radius 2 is 2.43 bits per heavy atom. The maximum atomic E-state index is 5.65. The van der Waals surface area contributed by atoms with Crippen molar-refractivity contribution in [1.82, 2.24) is 10.3 Å².